The van der Waals surface area contributed by atoms with Crippen molar-refractivity contribution >= 4 is 5.71 Å². The van der Waals surface area contributed by atoms with Crippen LogP contribution in [0.25, 0.3) is 0 Å². The molecule has 0 aliphatic heterocycles. The van der Waals surface area contributed by atoms with Gasteiger partial charge in [0.1, 0.15) is 0 Å². The summed E-state index contributed by atoms with van der Waals surface area (Å²) in [5, 5.41) is 9.94. The Kier molecular flexibility index (Phi) is 7.27. The van der Waals surface area contributed by atoms with Gasteiger partial charge in [-0.05, 0) is 5.56 Å². The van der Waals surface area contributed by atoms with Crippen LogP contribution in [0.5, 0.6) is 0 Å². The molecule has 1 atom stereocenters. The summed E-state index contributed by atoms with van der Waals surface area (Å²) in [4.78, 5) is 4.78. The van der Waals surface area contributed by atoms with E-state index in [1.165, 1.54) is 0 Å². The van der Waals surface area contributed by atoms with Gasteiger partial charge in [-0.2, -0.15) is 5.26 Å². The summed E-state index contributed by atoms with van der Waals surface area (Å²) in [6, 6.07) is 31.2. The van der Waals surface area contributed by atoms with Gasteiger partial charge >= 0.3 is 0 Å². The molecule has 146 valence electrons. The minimum absolute atomic E-state index is 0.0193. The fourth-order valence-corrected chi connectivity index (χ4v) is 3.04. The molecule has 0 spiro atoms. The molecule has 0 aliphatic rings. The van der Waals surface area contributed by atoms with E-state index in [1.807, 2.05) is 91.0 Å². The topological polar surface area (TPSA) is 45.4 Å². The fourth-order valence-electron chi connectivity index (χ4n) is 3.04. The lowest BCUT2D eigenvalue weighted by molar-refractivity contribution is 0.0861. The molecule has 3 nitrogen and oxygen atoms in total. The highest BCUT2D eigenvalue weighted by atomic mass is 19.1. The monoisotopic (exact) mass is 386 g/mol. The molecule has 0 aliphatic carbocycles. The predicted octanol–water partition coefficient (Wildman–Crippen LogP) is 5.36. The molecule has 4 heteroatoms. The average Bonchev–Trinajstić information content (AvgIpc) is 2.79. The number of ether oxygens (including phenoxy) is 1. The van der Waals surface area contributed by atoms with Gasteiger partial charge in [0.05, 0.1) is 31.7 Å². The molecule has 3 aromatic carbocycles. The molecule has 1 unspecified atom stereocenters. The highest BCUT2D eigenvalue weighted by molar-refractivity contribution is 6.13. The van der Waals surface area contributed by atoms with Crippen LogP contribution in [0.3, 0.4) is 0 Å². The average molecular weight is 386 g/mol. The predicted molar refractivity (Wildman–Crippen MR) is 114 cm³/mol. The van der Waals surface area contributed by atoms with Crippen molar-refractivity contribution in [3.63, 3.8) is 0 Å². The summed E-state index contributed by atoms with van der Waals surface area (Å²) in [6.07, 6.45) is -0.0263. The van der Waals surface area contributed by atoms with E-state index in [-0.39, 0.29) is 13.0 Å². The van der Waals surface area contributed by atoms with Crippen LogP contribution in [0, 0.1) is 11.3 Å². The maximum Gasteiger partial charge on any atom is 0.173 e. The summed E-state index contributed by atoms with van der Waals surface area (Å²) in [7, 11) is 0. The summed E-state index contributed by atoms with van der Waals surface area (Å²) in [5.74, 6) is 0. The van der Waals surface area contributed by atoms with Crippen LogP contribution in [0.1, 0.15) is 23.1 Å². The van der Waals surface area contributed by atoms with Crippen molar-refractivity contribution in [3.8, 4) is 6.07 Å². The fraction of sp³-hybridized carbons (Fsp3) is 0.200. The lowest BCUT2D eigenvalue weighted by Gasteiger charge is -2.23. The van der Waals surface area contributed by atoms with E-state index in [4.69, 9.17) is 9.73 Å². The lowest BCUT2D eigenvalue weighted by atomic mass is 9.96. The van der Waals surface area contributed by atoms with Crippen molar-refractivity contribution < 1.29 is 9.13 Å². The zero-order valence-corrected chi connectivity index (χ0v) is 16.2. The maximum atomic E-state index is 13.4. The van der Waals surface area contributed by atoms with Crippen LogP contribution in [0.2, 0.25) is 0 Å². The molecular weight excluding hydrogens is 363 g/mol. The number of nitriles is 1. The number of halogens is 1. The second-order valence-electron chi connectivity index (χ2n) is 6.75. The van der Waals surface area contributed by atoms with Crippen molar-refractivity contribution in [1.82, 2.24) is 0 Å². The number of alkyl halides is 1. The van der Waals surface area contributed by atoms with Crippen molar-refractivity contribution in [3.05, 3.63) is 108 Å². The zero-order valence-electron chi connectivity index (χ0n) is 16.2. The molecule has 0 saturated heterocycles. The molecule has 0 radical (unpaired) electrons. The minimum atomic E-state index is -1.30. The first-order chi connectivity index (χ1) is 14.3. The Morgan fingerprint density at radius 3 is 1.86 bits per heavy atom. The molecule has 3 aromatic rings. The third-order valence-electron chi connectivity index (χ3n) is 4.59. The van der Waals surface area contributed by atoms with E-state index >= 15 is 0 Å². The van der Waals surface area contributed by atoms with E-state index in [2.05, 4.69) is 6.07 Å². The van der Waals surface area contributed by atoms with Gasteiger partial charge in [0.2, 0.25) is 0 Å². The summed E-state index contributed by atoms with van der Waals surface area (Å²) < 4.78 is 19.2. The smallest absolute Gasteiger partial charge is 0.173 e. The van der Waals surface area contributed by atoms with Gasteiger partial charge in [-0.3, -0.25) is 9.38 Å². The maximum absolute atomic E-state index is 13.4. The SMILES string of the molecule is N#CC(CCF)(COCc1ccccc1)N=C(c1ccccc1)c1ccccc1. The van der Waals surface area contributed by atoms with Gasteiger partial charge in [-0.1, -0.05) is 91.0 Å². The molecule has 0 bridgehead atoms. The molecule has 3 rings (SSSR count). The van der Waals surface area contributed by atoms with Gasteiger partial charge in [-0.15, -0.1) is 0 Å². The Labute approximate surface area is 171 Å². The number of benzene rings is 3. The molecule has 0 N–H and O–H groups in total. The molecular formula is C25H23FN2O. The number of rotatable bonds is 9. The number of hydrogen-bond donors (Lipinski definition) is 0. The van der Waals surface area contributed by atoms with Crippen LogP contribution < -0.4 is 0 Å². The standard InChI is InChI=1S/C25H23FN2O/c26-17-16-25(19-27,20-29-18-21-10-4-1-5-11-21)28-24(22-12-6-2-7-13-22)23-14-8-3-9-15-23/h1-15H,16-18,20H2. The zero-order chi connectivity index (χ0) is 20.4. The Morgan fingerprint density at radius 1 is 0.862 bits per heavy atom. The molecule has 29 heavy (non-hydrogen) atoms. The largest absolute Gasteiger partial charge is 0.373 e. The number of nitrogens with zero attached hydrogens (tertiary/aromatic N) is 2. The Balaban J connectivity index is 1.93. The first-order valence-electron chi connectivity index (χ1n) is 9.56. The first kappa shape index (κ1) is 20.4. The van der Waals surface area contributed by atoms with Gasteiger partial charge < -0.3 is 4.74 Å². The Morgan fingerprint density at radius 2 is 1.38 bits per heavy atom. The van der Waals surface area contributed by atoms with Crippen molar-refractivity contribution in [2.75, 3.05) is 13.3 Å². The molecule has 0 aromatic heterocycles. The van der Waals surface area contributed by atoms with Crippen molar-refractivity contribution in [2.24, 2.45) is 4.99 Å². The van der Waals surface area contributed by atoms with E-state index in [0.29, 0.717) is 12.3 Å². The summed E-state index contributed by atoms with van der Waals surface area (Å²) >= 11 is 0. The molecule has 0 fully saturated rings. The first-order valence-corrected chi connectivity index (χ1v) is 9.56. The highest BCUT2D eigenvalue weighted by Crippen LogP contribution is 2.22. The van der Waals surface area contributed by atoms with Gasteiger partial charge in [0, 0.05) is 17.5 Å². The van der Waals surface area contributed by atoms with Crippen molar-refractivity contribution in [2.45, 2.75) is 18.6 Å². The molecule has 0 amide bonds. The van der Waals surface area contributed by atoms with Crippen molar-refractivity contribution in [1.29, 1.82) is 5.26 Å². The van der Waals surface area contributed by atoms with E-state index in [9.17, 15) is 9.65 Å². The van der Waals surface area contributed by atoms with Crippen LogP contribution >= 0.6 is 0 Å². The Hall–Kier alpha value is -3.29. The van der Waals surface area contributed by atoms with Gasteiger partial charge in [0.15, 0.2) is 5.54 Å². The molecule has 0 saturated carbocycles. The molecule has 0 heterocycles. The van der Waals surface area contributed by atoms with E-state index < -0.39 is 12.2 Å². The quantitative estimate of drug-likeness (QED) is 0.465. The second kappa shape index (κ2) is 10.3. The third-order valence-corrected chi connectivity index (χ3v) is 4.59. The van der Waals surface area contributed by atoms with Crippen LogP contribution in [0.15, 0.2) is 96.0 Å². The van der Waals surface area contributed by atoms with Crippen LogP contribution in [-0.4, -0.2) is 24.5 Å². The minimum Gasteiger partial charge on any atom is -0.373 e. The number of hydrogen-bond acceptors (Lipinski definition) is 3. The summed E-state index contributed by atoms with van der Waals surface area (Å²) in [5.41, 5.74) is 2.10. The summed E-state index contributed by atoms with van der Waals surface area (Å²) in [6.45, 7) is -0.286. The van der Waals surface area contributed by atoms with Crippen LogP contribution in [-0.2, 0) is 11.3 Å². The highest BCUT2D eigenvalue weighted by Gasteiger charge is 2.31. The van der Waals surface area contributed by atoms with Gasteiger partial charge in [0.25, 0.3) is 0 Å². The van der Waals surface area contributed by atoms with Crippen LogP contribution in [0.4, 0.5) is 4.39 Å². The Bertz CT molecular complexity index is 911. The van der Waals surface area contributed by atoms with E-state index in [0.717, 1.165) is 16.7 Å². The van der Waals surface area contributed by atoms with Gasteiger partial charge in [-0.25, -0.2) is 0 Å². The third kappa shape index (κ3) is 5.60. The normalized spacial score (nSPS) is 12.6. The number of aliphatic imine (C=N–C) groups is 1. The lowest BCUT2D eigenvalue weighted by Crippen LogP contribution is -2.33. The second-order valence-corrected chi connectivity index (χ2v) is 6.75. The van der Waals surface area contributed by atoms with E-state index in [1.54, 1.807) is 0 Å².